The molecule has 3 atom stereocenters. The monoisotopic (exact) mass is 622 g/mol. The lowest BCUT2D eigenvalue weighted by Gasteiger charge is -2.37. The molecule has 1 fully saturated rings. The second-order valence-corrected chi connectivity index (χ2v) is 14.1. The van der Waals surface area contributed by atoms with Gasteiger partial charge in [0.2, 0.25) is 11.8 Å². The van der Waals surface area contributed by atoms with Crippen molar-refractivity contribution >= 4 is 34.1 Å². The molecule has 7 rings (SSSR count). The van der Waals surface area contributed by atoms with Gasteiger partial charge in [-0.2, -0.15) is 0 Å². The highest BCUT2D eigenvalue weighted by Gasteiger charge is 2.57. The molecule has 0 radical (unpaired) electrons. The van der Waals surface area contributed by atoms with Crippen molar-refractivity contribution in [2.24, 2.45) is 16.7 Å². The first-order valence-electron chi connectivity index (χ1n) is 16.9. The van der Waals surface area contributed by atoms with E-state index < -0.39 is 5.92 Å². The van der Waals surface area contributed by atoms with Crippen LogP contribution in [0.2, 0.25) is 0 Å². The fourth-order valence-corrected chi connectivity index (χ4v) is 7.72. The van der Waals surface area contributed by atoms with Gasteiger partial charge in [0.05, 0.1) is 5.92 Å². The lowest BCUT2D eigenvalue weighted by Crippen LogP contribution is -2.29. The van der Waals surface area contributed by atoms with Crippen molar-refractivity contribution in [1.29, 1.82) is 0 Å². The van der Waals surface area contributed by atoms with Crippen molar-refractivity contribution in [2.75, 3.05) is 5.32 Å². The summed E-state index contributed by atoms with van der Waals surface area (Å²) in [7, 11) is 0. The Bertz CT molecular complexity index is 1930. The number of benzene rings is 4. The predicted molar refractivity (Wildman–Crippen MR) is 189 cm³/mol. The van der Waals surface area contributed by atoms with Crippen LogP contribution in [-0.4, -0.2) is 16.7 Å². The first-order valence-corrected chi connectivity index (χ1v) is 16.9. The van der Waals surface area contributed by atoms with E-state index in [0.717, 1.165) is 39.8 Å². The van der Waals surface area contributed by atoms with E-state index in [-0.39, 0.29) is 22.5 Å². The van der Waals surface area contributed by atoms with Crippen LogP contribution in [0, 0.1) is 16.7 Å². The van der Waals surface area contributed by atoms with Crippen molar-refractivity contribution < 1.29 is 14.0 Å². The fourth-order valence-electron chi connectivity index (χ4n) is 7.72. The lowest BCUT2D eigenvalue weighted by molar-refractivity contribution is -0.117. The normalized spacial score (nSPS) is 20.3. The highest BCUT2D eigenvalue weighted by Crippen LogP contribution is 2.67. The van der Waals surface area contributed by atoms with Gasteiger partial charge in [-0.15, -0.1) is 0 Å². The zero-order chi connectivity index (χ0) is 32.8. The van der Waals surface area contributed by atoms with Crippen LogP contribution in [0.15, 0.2) is 108 Å². The molecule has 1 aromatic heterocycles. The topological polar surface area (TPSA) is 72.2 Å². The number of carbonyl (C=O) groups is 2. The molecule has 47 heavy (non-hydrogen) atoms. The van der Waals surface area contributed by atoms with E-state index in [1.807, 2.05) is 79.7 Å². The number of fused-ring (bicyclic) bond motifs is 3. The van der Waals surface area contributed by atoms with Crippen LogP contribution in [0.4, 0.5) is 5.69 Å². The van der Waals surface area contributed by atoms with Crippen molar-refractivity contribution in [3.63, 3.8) is 0 Å². The van der Waals surface area contributed by atoms with E-state index >= 15 is 0 Å². The summed E-state index contributed by atoms with van der Waals surface area (Å²) in [5.41, 5.74) is 8.91. The maximum atomic E-state index is 14.0. The van der Waals surface area contributed by atoms with Gasteiger partial charge in [-0.1, -0.05) is 94.4 Å². The third-order valence-corrected chi connectivity index (χ3v) is 11.1. The number of amides is 1. The molecule has 2 bridgehead atoms. The minimum atomic E-state index is -0.418. The van der Waals surface area contributed by atoms with Gasteiger partial charge < -0.3 is 9.73 Å². The van der Waals surface area contributed by atoms with Gasteiger partial charge in [0.1, 0.15) is 5.52 Å². The maximum absolute atomic E-state index is 14.0. The van der Waals surface area contributed by atoms with Crippen LogP contribution in [0.3, 0.4) is 0 Å². The smallest absolute Gasteiger partial charge is 0.232 e. The Hall–Kier alpha value is -4.77. The Morgan fingerprint density at radius 1 is 0.894 bits per heavy atom. The minimum absolute atomic E-state index is 0.0780. The van der Waals surface area contributed by atoms with Crippen LogP contribution in [0.25, 0.3) is 28.1 Å². The molecule has 0 spiro atoms. The van der Waals surface area contributed by atoms with E-state index in [0.29, 0.717) is 30.3 Å². The molecule has 5 heteroatoms. The Kier molecular flexibility index (Phi) is 7.95. The molecule has 4 aromatic carbocycles. The Morgan fingerprint density at radius 3 is 2.23 bits per heavy atom. The largest absolute Gasteiger partial charge is 0.436 e. The highest BCUT2D eigenvalue weighted by molar-refractivity contribution is 5.97. The van der Waals surface area contributed by atoms with E-state index in [9.17, 15) is 9.59 Å². The third kappa shape index (κ3) is 5.62. The van der Waals surface area contributed by atoms with E-state index in [2.05, 4.69) is 61.4 Å². The van der Waals surface area contributed by atoms with E-state index in [4.69, 9.17) is 4.42 Å². The molecule has 0 saturated heterocycles. The van der Waals surface area contributed by atoms with Gasteiger partial charge in [-0.05, 0) is 101 Å². The standard InChI is InChI=1S/C42H42N2O3/c1-5-8-37(45)30-13-11-27(12-14-30)25-34(28-15-17-29(18-16-28)35-26-32-23-24-42(35,4)41(32,2)3)39(46)43-33-21-19-31(20-22-33)40-44-36-9-6-7-10-38(36)47-40/h6-7,9-22,26,32,34H,5,8,23-25H2,1-4H3,(H,43,46)/t32?,34-,42?/m0/s1. The zero-order valence-corrected chi connectivity index (χ0v) is 27.7. The van der Waals surface area contributed by atoms with Gasteiger partial charge in [-0.25, -0.2) is 4.98 Å². The summed E-state index contributed by atoms with van der Waals surface area (Å²) in [6.07, 6.45) is 6.84. The summed E-state index contributed by atoms with van der Waals surface area (Å²) in [4.78, 5) is 31.1. The summed E-state index contributed by atoms with van der Waals surface area (Å²) in [5.74, 6) is 0.814. The number of rotatable bonds is 10. The number of carbonyl (C=O) groups excluding carboxylic acids is 2. The molecule has 1 N–H and O–H groups in total. The second-order valence-electron chi connectivity index (χ2n) is 14.1. The number of para-hydroxylation sites is 2. The van der Waals surface area contributed by atoms with Gasteiger partial charge >= 0.3 is 0 Å². The van der Waals surface area contributed by atoms with Crippen molar-refractivity contribution in [2.45, 2.75) is 65.7 Å². The van der Waals surface area contributed by atoms with Crippen molar-refractivity contribution in [1.82, 2.24) is 4.98 Å². The van der Waals surface area contributed by atoms with Crippen LogP contribution in [0.5, 0.6) is 0 Å². The third-order valence-electron chi connectivity index (χ3n) is 11.1. The summed E-state index contributed by atoms with van der Waals surface area (Å²) >= 11 is 0. The summed E-state index contributed by atoms with van der Waals surface area (Å²) in [5, 5.41) is 3.17. The fraction of sp³-hybridized carbons (Fsp3) is 0.310. The molecule has 1 heterocycles. The van der Waals surface area contributed by atoms with Crippen LogP contribution in [0.1, 0.15) is 86.3 Å². The van der Waals surface area contributed by atoms with Crippen LogP contribution >= 0.6 is 0 Å². The summed E-state index contributed by atoms with van der Waals surface area (Å²) < 4.78 is 5.93. The van der Waals surface area contributed by atoms with Gasteiger partial charge in [-0.3, -0.25) is 9.59 Å². The maximum Gasteiger partial charge on any atom is 0.232 e. The molecule has 2 aliphatic rings. The molecular weight excluding hydrogens is 580 g/mol. The number of oxazole rings is 1. The average Bonchev–Trinajstić information content (AvgIpc) is 3.68. The predicted octanol–water partition coefficient (Wildman–Crippen LogP) is 10.3. The quantitative estimate of drug-likeness (QED) is 0.157. The van der Waals surface area contributed by atoms with Gasteiger partial charge in [0.25, 0.3) is 0 Å². The van der Waals surface area contributed by atoms with E-state index in [1.54, 1.807) is 0 Å². The molecular formula is C42H42N2O3. The number of anilines is 1. The Balaban J connectivity index is 1.14. The van der Waals surface area contributed by atoms with Crippen LogP contribution < -0.4 is 5.32 Å². The van der Waals surface area contributed by atoms with Crippen molar-refractivity contribution in [3.05, 3.63) is 125 Å². The number of nitrogens with one attached hydrogen (secondary N) is 1. The number of hydrogen-bond donors (Lipinski definition) is 1. The minimum Gasteiger partial charge on any atom is -0.436 e. The second kappa shape index (κ2) is 12.1. The van der Waals surface area contributed by atoms with Crippen molar-refractivity contribution in [3.8, 4) is 11.5 Å². The van der Waals surface area contributed by atoms with Crippen LogP contribution in [-0.2, 0) is 11.2 Å². The van der Waals surface area contributed by atoms with E-state index in [1.165, 1.54) is 24.0 Å². The van der Waals surface area contributed by atoms with Gasteiger partial charge in [0, 0.05) is 23.2 Å². The number of hydrogen-bond acceptors (Lipinski definition) is 4. The molecule has 1 amide bonds. The number of allylic oxidation sites excluding steroid dienone is 2. The molecule has 238 valence electrons. The first kappa shape index (κ1) is 30.9. The number of Topliss-reactive ketones (excluding diaryl/α,β-unsaturated/α-hetero) is 1. The molecule has 1 saturated carbocycles. The Labute approximate surface area is 277 Å². The van der Waals surface area contributed by atoms with Gasteiger partial charge in [0.15, 0.2) is 11.4 Å². The molecule has 5 nitrogen and oxygen atoms in total. The summed E-state index contributed by atoms with van der Waals surface area (Å²) in [6.45, 7) is 9.24. The molecule has 2 unspecified atom stereocenters. The average molecular weight is 623 g/mol. The number of ketones is 1. The highest BCUT2D eigenvalue weighted by atomic mass is 16.3. The number of nitrogens with zero attached hydrogens (tertiary/aromatic N) is 1. The molecule has 5 aromatic rings. The SMILES string of the molecule is CCCC(=O)c1ccc(C[C@H](C(=O)Nc2ccc(-c3nc4ccccc4o3)cc2)c2ccc(C3=CC4CCC3(C)C4(C)C)cc2)cc1. The summed E-state index contributed by atoms with van der Waals surface area (Å²) in [6, 6.07) is 31.7. The zero-order valence-electron chi connectivity index (χ0n) is 27.7. The molecule has 0 aliphatic heterocycles. The first-order chi connectivity index (χ1) is 22.7. The Morgan fingerprint density at radius 2 is 1.60 bits per heavy atom. The molecule has 2 aliphatic carbocycles. The lowest BCUT2D eigenvalue weighted by atomic mass is 9.66. The number of aromatic nitrogens is 1.